The molecule has 34 heavy (non-hydrogen) atoms. The van der Waals surface area contributed by atoms with E-state index >= 15 is 0 Å². The van der Waals surface area contributed by atoms with Gasteiger partial charge in [-0.05, 0) is 51.1 Å². The van der Waals surface area contributed by atoms with Crippen molar-refractivity contribution in [2.24, 2.45) is 0 Å². The number of likely N-dealkylation sites (N-methyl/N-ethyl adjacent to an activating group) is 1. The summed E-state index contributed by atoms with van der Waals surface area (Å²) in [6, 6.07) is 7.87. The second kappa shape index (κ2) is 9.88. The summed E-state index contributed by atoms with van der Waals surface area (Å²) in [6.07, 6.45) is -3.79. The number of halogens is 4. The fraction of sp³-hybridized carbons (Fsp3) is 0.391. The molecule has 0 spiro atoms. The summed E-state index contributed by atoms with van der Waals surface area (Å²) in [6.45, 7) is 6.04. The van der Waals surface area contributed by atoms with Gasteiger partial charge in [0.25, 0.3) is 0 Å². The van der Waals surface area contributed by atoms with Gasteiger partial charge in [-0.25, -0.2) is 13.9 Å². The third-order valence-corrected chi connectivity index (χ3v) is 4.69. The van der Waals surface area contributed by atoms with Gasteiger partial charge in [-0.2, -0.15) is 18.3 Å². The lowest BCUT2D eigenvalue weighted by Gasteiger charge is -2.24. The number of aromatic nitrogens is 2. The van der Waals surface area contributed by atoms with Crippen molar-refractivity contribution < 1.29 is 31.5 Å². The SMILES string of the molecule is CN(CCNCc1cc(-n2nc(C(F)(F)F)cc2-c2ccco2)ccc1F)C(=O)OC(C)(C)C. The zero-order valence-corrected chi connectivity index (χ0v) is 19.2. The van der Waals surface area contributed by atoms with Crippen molar-refractivity contribution in [1.29, 1.82) is 0 Å². The maximum atomic E-state index is 14.4. The number of hydrogen-bond donors (Lipinski definition) is 1. The van der Waals surface area contributed by atoms with E-state index in [-0.39, 0.29) is 29.2 Å². The highest BCUT2D eigenvalue weighted by molar-refractivity contribution is 5.67. The van der Waals surface area contributed by atoms with E-state index in [1.165, 1.54) is 35.4 Å². The molecular weight excluding hydrogens is 456 g/mol. The molecule has 0 unspecified atom stereocenters. The third-order valence-electron chi connectivity index (χ3n) is 4.69. The van der Waals surface area contributed by atoms with E-state index in [0.717, 1.165) is 10.7 Å². The van der Waals surface area contributed by atoms with Crippen LogP contribution in [0.15, 0.2) is 47.1 Å². The average molecular weight is 482 g/mol. The summed E-state index contributed by atoms with van der Waals surface area (Å²) in [5.74, 6) is -0.336. The number of ether oxygens (including phenoxy) is 1. The van der Waals surface area contributed by atoms with Crippen molar-refractivity contribution in [2.45, 2.75) is 39.1 Å². The molecule has 11 heteroatoms. The van der Waals surface area contributed by atoms with Gasteiger partial charge in [0.2, 0.25) is 0 Å². The molecule has 0 atom stereocenters. The maximum Gasteiger partial charge on any atom is 0.435 e. The molecule has 1 aromatic carbocycles. The van der Waals surface area contributed by atoms with E-state index < -0.39 is 29.4 Å². The van der Waals surface area contributed by atoms with E-state index in [0.29, 0.717) is 13.1 Å². The van der Waals surface area contributed by atoms with Gasteiger partial charge in [-0.15, -0.1) is 0 Å². The number of hydrogen-bond acceptors (Lipinski definition) is 5. The predicted octanol–water partition coefficient (Wildman–Crippen LogP) is 5.25. The second-order valence-electron chi connectivity index (χ2n) is 8.66. The van der Waals surface area contributed by atoms with Crippen LogP contribution >= 0.6 is 0 Å². The molecule has 2 aromatic heterocycles. The van der Waals surface area contributed by atoms with E-state index in [4.69, 9.17) is 9.15 Å². The third kappa shape index (κ3) is 6.37. The summed E-state index contributed by atoms with van der Waals surface area (Å²) < 4.78 is 65.9. The minimum Gasteiger partial charge on any atom is -0.463 e. The van der Waals surface area contributed by atoms with E-state index in [9.17, 15) is 22.4 Å². The van der Waals surface area contributed by atoms with Crippen molar-refractivity contribution in [2.75, 3.05) is 20.1 Å². The normalized spacial score (nSPS) is 12.1. The Balaban J connectivity index is 1.74. The first-order valence-electron chi connectivity index (χ1n) is 10.5. The quantitative estimate of drug-likeness (QED) is 0.368. The first kappa shape index (κ1) is 25.3. The molecular formula is C23H26F4N4O3. The first-order valence-corrected chi connectivity index (χ1v) is 10.5. The Morgan fingerprint density at radius 2 is 1.94 bits per heavy atom. The van der Waals surface area contributed by atoms with Crippen LogP contribution in [0.5, 0.6) is 0 Å². The van der Waals surface area contributed by atoms with Gasteiger partial charge in [0, 0.05) is 38.3 Å². The van der Waals surface area contributed by atoms with Crippen LogP contribution in [0.1, 0.15) is 32.0 Å². The molecule has 7 nitrogen and oxygen atoms in total. The van der Waals surface area contributed by atoms with Gasteiger partial charge in [0.05, 0.1) is 12.0 Å². The average Bonchev–Trinajstić information content (AvgIpc) is 3.40. The molecule has 3 aromatic rings. The highest BCUT2D eigenvalue weighted by Gasteiger charge is 2.35. The largest absolute Gasteiger partial charge is 0.463 e. The molecule has 0 aliphatic heterocycles. The monoisotopic (exact) mass is 482 g/mol. The van der Waals surface area contributed by atoms with Gasteiger partial charge in [0.15, 0.2) is 11.5 Å². The predicted molar refractivity (Wildman–Crippen MR) is 117 cm³/mol. The number of amides is 1. The number of alkyl halides is 3. The Morgan fingerprint density at radius 1 is 1.21 bits per heavy atom. The van der Waals surface area contributed by atoms with Crippen LogP contribution in [0, 0.1) is 5.82 Å². The second-order valence-corrected chi connectivity index (χ2v) is 8.66. The molecule has 3 rings (SSSR count). The molecule has 1 N–H and O–H groups in total. The number of nitrogens with zero attached hydrogens (tertiary/aromatic N) is 3. The molecule has 1 amide bonds. The maximum absolute atomic E-state index is 14.4. The zero-order valence-electron chi connectivity index (χ0n) is 19.2. The standard InChI is InChI=1S/C23H26F4N4O3/c1-22(2,3)34-21(32)30(4)10-9-28-14-15-12-16(7-8-17(15)24)31-18(19-6-5-11-33-19)13-20(29-31)23(25,26)27/h5-8,11-13,28H,9-10,14H2,1-4H3. The van der Waals surface area contributed by atoms with E-state index in [2.05, 4.69) is 10.4 Å². The van der Waals surface area contributed by atoms with Crippen molar-refractivity contribution in [3.63, 3.8) is 0 Å². The van der Waals surface area contributed by atoms with Crippen molar-refractivity contribution in [1.82, 2.24) is 20.0 Å². The van der Waals surface area contributed by atoms with Crippen molar-refractivity contribution in [3.05, 3.63) is 59.7 Å². The Hall–Kier alpha value is -3.34. The van der Waals surface area contributed by atoms with Crippen LogP contribution in [0.2, 0.25) is 0 Å². The smallest absolute Gasteiger partial charge is 0.435 e. The summed E-state index contributed by atoms with van der Waals surface area (Å²) in [7, 11) is 1.59. The van der Waals surface area contributed by atoms with E-state index in [1.54, 1.807) is 33.9 Å². The van der Waals surface area contributed by atoms with Crippen LogP contribution < -0.4 is 5.32 Å². The van der Waals surface area contributed by atoms with Gasteiger partial charge in [0.1, 0.15) is 17.1 Å². The molecule has 0 fully saturated rings. The molecule has 0 radical (unpaired) electrons. The molecule has 0 bridgehead atoms. The van der Waals surface area contributed by atoms with Crippen LogP contribution in [0.4, 0.5) is 22.4 Å². The van der Waals surface area contributed by atoms with Crippen LogP contribution in [-0.4, -0.2) is 46.5 Å². The highest BCUT2D eigenvalue weighted by atomic mass is 19.4. The number of benzene rings is 1. The molecule has 0 aliphatic rings. The molecule has 0 aliphatic carbocycles. The topological polar surface area (TPSA) is 72.5 Å². The van der Waals surface area contributed by atoms with Gasteiger partial charge >= 0.3 is 12.3 Å². The van der Waals surface area contributed by atoms with Crippen molar-refractivity contribution >= 4 is 6.09 Å². The first-order chi connectivity index (χ1) is 15.8. The Labute approximate surface area is 194 Å². The molecule has 2 heterocycles. The van der Waals surface area contributed by atoms with Crippen LogP contribution in [0.3, 0.4) is 0 Å². The Bertz CT molecular complexity index is 1120. The summed E-state index contributed by atoms with van der Waals surface area (Å²) in [4.78, 5) is 13.4. The van der Waals surface area contributed by atoms with Crippen LogP contribution in [-0.2, 0) is 17.5 Å². The summed E-state index contributed by atoms with van der Waals surface area (Å²) in [5.41, 5.74) is -1.15. The number of furan rings is 1. The van der Waals surface area contributed by atoms with E-state index in [1.807, 2.05) is 0 Å². The van der Waals surface area contributed by atoms with Gasteiger partial charge < -0.3 is 19.4 Å². The number of carbonyl (C=O) groups excluding carboxylic acids is 1. The molecule has 0 saturated heterocycles. The lowest BCUT2D eigenvalue weighted by Crippen LogP contribution is -2.37. The Kier molecular flexibility index (Phi) is 7.35. The van der Waals surface area contributed by atoms with Gasteiger partial charge in [-0.1, -0.05) is 0 Å². The fourth-order valence-electron chi connectivity index (χ4n) is 3.05. The minimum atomic E-state index is -4.66. The lowest BCUT2D eigenvalue weighted by atomic mass is 10.1. The minimum absolute atomic E-state index is 0.0850. The summed E-state index contributed by atoms with van der Waals surface area (Å²) >= 11 is 0. The fourth-order valence-corrected chi connectivity index (χ4v) is 3.05. The van der Waals surface area contributed by atoms with Crippen LogP contribution in [0.25, 0.3) is 17.1 Å². The van der Waals surface area contributed by atoms with Gasteiger partial charge in [-0.3, -0.25) is 0 Å². The Morgan fingerprint density at radius 3 is 2.56 bits per heavy atom. The molecule has 184 valence electrons. The zero-order chi connectivity index (χ0) is 25.1. The number of nitrogens with one attached hydrogen (secondary N) is 1. The van der Waals surface area contributed by atoms with Crippen molar-refractivity contribution in [3.8, 4) is 17.1 Å². The number of carbonyl (C=O) groups is 1. The summed E-state index contributed by atoms with van der Waals surface area (Å²) in [5, 5.41) is 6.70. The molecule has 0 saturated carbocycles. The lowest BCUT2D eigenvalue weighted by molar-refractivity contribution is -0.141. The number of rotatable bonds is 7. The highest BCUT2D eigenvalue weighted by Crippen LogP contribution is 2.33.